The molecule has 1 aliphatic heterocycles. The Morgan fingerprint density at radius 2 is 2.35 bits per heavy atom. The van der Waals surface area contributed by atoms with Gasteiger partial charge in [0.1, 0.15) is 6.61 Å². The van der Waals surface area contributed by atoms with Crippen LogP contribution in [0.2, 0.25) is 5.02 Å². The van der Waals surface area contributed by atoms with Crippen molar-refractivity contribution in [3.63, 3.8) is 0 Å². The minimum atomic E-state index is -0.101. The van der Waals surface area contributed by atoms with Crippen LogP contribution in [0.5, 0.6) is 0 Å². The maximum Gasteiger partial charge on any atom is 0.253 e. The second kappa shape index (κ2) is 5.04. The van der Waals surface area contributed by atoms with Crippen molar-refractivity contribution in [1.29, 1.82) is 0 Å². The van der Waals surface area contributed by atoms with Gasteiger partial charge >= 0.3 is 0 Å². The van der Waals surface area contributed by atoms with Crippen LogP contribution in [-0.4, -0.2) is 31.7 Å². The Bertz CT molecular complexity index is 437. The normalized spacial score (nSPS) is 20.8. The molecule has 0 aromatic heterocycles. The number of aryl methyl sites for hydroxylation is 1. The Balaban J connectivity index is 2.38. The summed E-state index contributed by atoms with van der Waals surface area (Å²) in [6, 6.07) is 5.37. The van der Waals surface area contributed by atoms with E-state index in [1.807, 2.05) is 19.1 Å². The number of benzene rings is 1. The molecular weight excluding hydrogens is 240 g/mol. The lowest BCUT2D eigenvalue weighted by Crippen LogP contribution is -2.53. The summed E-state index contributed by atoms with van der Waals surface area (Å²) < 4.78 is 5.20. The van der Waals surface area contributed by atoms with E-state index in [-0.39, 0.29) is 18.6 Å². The van der Waals surface area contributed by atoms with E-state index in [1.165, 1.54) is 0 Å². The molecule has 0 saturated carbocycles. The highest BCUT2D eigenvalue weighted by molar-refractivity contribution is 6.30. The number of halogens is 1. The van der Waals surface area contributed by atoms with Crippen molar-refractivity contribution in [3.8, 4) is 0 Å². The topological polar surface area (TPSA) is 55.6 Å². The van der Waals surface area contributed by atoms with Gasteiger partial charge in [0.15, 0.2) is 0 Å². The molecule has 1 aromatic carbocycles. The molecule has 1 amide bonds. The summed E-state index contributed by atoms with van der Waals surface area (Å²) in [6.45, 7) is 2.90. The average molecular weight is 255 g/mol. The van der Waals surface area contributed by atoms with Crippen LogP contribution >= 0.6 is 11.6 Å². The SMILES string of the molecule is Cc1cc(Cl)ccc1N1C(=O)COCC1CN. The first-order valence-corrected chi connectivity index (χ1v) is 5.87. The number of morpholine rings is 1. The molecule has 1 aromatic rings. The second-order valence-corrected chi connectivity index (χ2v) is 4.54. The van der Waals surface area contributed by atoms with Crippen LogP contribution in [0.3, 0.4) is 0 Å². The molecular formula is C12H15ClN2O2. The second-order valence-electron chi connectivity index (χ2n) is 4.10. The molecule has 1 aliphatic rings. The number of nitrogens with zero attached hydrogens (tertiary/aromatic N) is 1. The molecule has 2 rings (SSSR count). The Morgan fingerprint density at radius 3 is 3.00 bits per heavy atom. The third-order valence-electron chi connectivity index (χ3n) is 2.86. The summed E-state index contributed by atoms with van der Waals surface area (Å²) >= 11 is 5.91. The standard InChI is InChI=1S/C12H15ClN2O2/c1-8-4-9(13)2-3-11(8)15-10(5-14)6-17-7-12(15)16/h2-4,10H,5-7,14H2,1H3. The molecule has 5 heteroatoms. The van der Waals surface area contributed by atoms with Gasteiger partial charge in [-0.2, -0.15) is 0 Å². The first-order valence-electron chi connectivity index (χ1n) is 5.49. The van der Waals surface area contributed by atoms with E-state index in [9.17, 15) is 4.79 Å². The summed E-state index contributed by atoms with van der Waals surface area (Å²) in [4.78, 5) is 13.6. The van der Waals surface area contributed by atoms with Gasteiger partial charge in [-0.1, -0.05) is 11.6 Å². The zero-order chi connectivity index (χ0) is 12.4. The minimum absolute atomic E-state index is 0.0582. The van der Waals surface area contributed by atoms with E-state index in [1.54, 1.807) is 11.0 Å². The highest BCUT2D eigenvalue weighted by atomic mass is 35.5. The third kappa shape index (κ3) is 2.44. The fourth-order valence-corrected chi connectivity index (χ4v) is 2.25. The maximum atomic E-state index is 11.9. The number of rotatable bonds is 2. The summed E-state index contributed by atoms with van der Waals surface area (Å²) in [5, 5.41) is 0.663. The van der Waals surface area contributed by atoms with Gasteiger partial charge in [-0.15, -0.1) is 0 Å². The van der Waals surface area contributed by atoms with E-state index in [0.29, 0.717) is 18.2 Å². The molecule has 1 heterocycles. The lowest BCUT2D eigenvalue weighted by Gasteiger charge is -2.35. The van der Waals surface area contributed by atoms with Crippen LogP contribution in [0.15, 0.2) is 18.2 Å². The number of ether oxygens (including phenoxy) is 1. The number of carbonyl (C=O) groups is 1. The quantitative estimate of drug-likeness (QED) is 0.867. The van der Waals surface area contributed by atoms with Gasteiger partial charge in [0.25, 0.3) is 5.91 Å². The number of amides is 1. The zero-order valence-corrected chi connectivity index (χ0v) is 10.4. The first kappa shape index (κ1) is 12.4. The smallest absolute Gasteiger partial charge is 0.253 e. The van der Waals surface area contributed by atoms with Crippen LogP contribution in [-0.2, 0) is 9.53 Å². The fourth-order valence-electron chi connectivity index (χ4n) is 2.02. The van der Waals surface area contributed by atoms with Crippen molar-refractivity contribution in [2.45, 2.75) is 13.0 Å². The van der Waals surface area contributed by atoms with E-state index < -0.39 is 0 Å². The van der Waals surface area contributed by atoms with Crippen molar-refractivity contribution in [2.24, 2.45) is 5.73 Å². The molecule has 0 radical (unpaired) electrons. The summed E-state index contributed by atoms with van der Waals surface area (Å²) in [5.41, 5.74) is 7.50. The van der Waals surface area contributed by atoms with Crippen molar-refractivity contribution >= 4 is 23.2 Å². The number of anilines is 1. The van der Waals surface area contributed by atoms with Crippen LogP contribution in [0.4, 0.5) is 5.69 Å². The highest BCUT2D eigenvalue weighted by Gasteiger charge is 2.29. The molecule has 2 N–H and O–H groups in total. The van der Waals surface area contributed by atoms with Gasteiger partial charge in [0, 0.05) is 17.3 Å². The number of hydrogen-bond acceptors (Lipinski definition) is 3. The van der Waals surface area contributed by atoms with Gasteiger partial charge in [-0.05, 0) is 30.7 Å². The molecule has 0 bridgehead atoms. The van der Waals surface area contributed by atoms with Gasteiger partial charge in [-0.3, -0.25) is 4.79 Å². The predicted octanol–water partition coefficient (Wildman–Crippen LogP) is 1.34. The molecule has 0 spiro atoms. The zero-order valence-electron chi connectivity index (χ0n) is 9.65. The van der Waals surface area contributed by atoms with E-state index in [2.05, 4.69) is 0 Å². The molecule has 1 unspecified atom stereocenters. The monoisotopic (exact) mass is 254 g/mol. The summed E-state index contributed by atoms with van der Waals surface area (Å²) in [7, 11) is 0. The molecule has 0 aliphatic carbocycles. The molecule has 4 nitrogen and oxygen atoms in total. The Kier molecular flexibility index (Phi) is 3.66. The van der Waals surface area contributed by atoms with Crippen LogP contribution in [0.25, 0.3) is 0 Å². The van der Waals surface area contributed by atoms with Gasteiger partial charge in [0.2, 0.25) is 0 Å². The van der Waals surface area contributed by atoms with Crippen molar-refractivity contribution in [1.82, 2.24) is 0 Å². The Hall–Kier alpha value is -1.10. The lowest BCUT2D eigenvalue weighted by molar-refractivity contribution is -0.127. The number of nitrogens with two attached hydrogens (primary N) is 1. The Labute approximate surface area is 105 Å². The fraction of sp³-hybridized carbons (Fsp3) is 0.417. The first-order chi connectivity index (χ1) is 8.13. The van der Waals surface area contributed by atoms with Gasteiger partial charge < -0.3 is 15.4 Å². The Morgan fingerprint density at radius 1 is 1.59 bits per heavy atom. The van der Waals surface area contributed by atoms with Crippen molar-refractivity contribution in [2.75, 3.05) is 24.7 Å². The highest BCUT2D eigenvalue weighted by Crippen LogP contribution is 2.26. The van der Waals surface area contributed by atoms with E-state index in [4.69, 9.17) is 22.1 Å². The van der Waals surface area contributed by atoms with E-state index in [0.717, 1.165) is 11.3 Å². The lowest BCUT2D eigenvalue weighted by atomic mass is 10.1. The summed E-state index contributed by atoms with van der Waals surface area (Å²) in [5.74, 6) is -0.0582. The average Bonchev–Trinajstić information content (AvgIpc) is 2.30. The molecule has 1 atom stereocenters. The van der Waals surface area contributed by atoms with Crippen LogP contribution < -0.4 is 10.6 Å². The predicted molar refractivity (Wildman–Crippen MR) is 67.3 cm³/mol. The molecule has 1 saturated heterocycles. The summed E-state index contributed by atoms with van der Waals surface area (Å²) in [6.07, 6.45) is 0. The van der Waals surface area contributed by atoms with Gasteiger partial charge in [-0.25, -0.2) is 0 Å². The largest absolute Gasteiger partial charge is 0.369 e. The molecule has 92 valence electrons. The molecule has 1 fully saturated rings. The minimum Gasteiger partial charge on any atom is -0.369 e. The number of hydrogen-bond donors (Lipinski definition) is 1. The number of carbonyl (C=O) groups excluding carboxylic acids is 1. The van der Waals surface area contributed by atoms with Crippen LogP contribution in [0, 0.1) is 6.92 Å². The van der Waals surface area contributed by atoms with Crippen molar-refractivity contribution in [3.05, 3.63) is 28.8 Å². The third-order valence-corrected chi connectivity index (χ3v) is 3.10. The van der Waals surface area contributed by atoms with Crippen molar-refractivity contribution < 1.29 is 9.53 Å². The van der Waals surface area contributed by atoms with Gasteiger partial charge in [0.05, 0.1) is 12.6 Å². The molecule has 17 heavy (non-hydrogen) atoms. The van der Waals surface area contributed by atoms with Crippen LogP contribution in [0.1, 0.15) is 5.56 Å². The maximum absolute atomic E-state index is 11.9. The van der Waals surface area contributed by atoms with E-state index >= 15 is 0 Å².